The van der Waals surface area contributed by atoms with Gasteiger partial charge >= 0.3 is 0 Å². The Labute approximate surface area is 100 Å². The van der Waals surface area contributed by atoms with E-state index < -0.39 is 0 Å². The molecule has 1 aromatic heterocycles. The fraction of sp³-hybridized carbons (Fsp3) is 0.250. The van der Waals surface area contributed by atoms with Gasteiger partial charge in [-0.15, -0.1) is 0 Å². The van der Waals surface area contributed by atoms with Crippen LogP contribution >= 0.6 is 11.6 Å². The molecule has 0 aliphatic rings. The summed E-state index contributed by atoms with van der Waals surface area (Å²) >= 11 is 5.95. The normalized spacial score (nSPS) is 12.4. The number of rotatable bonds is 3. The number of nitrogens with one attached hydrogen (secondary N) is 1. The Hall–Kier alpha value is -1.48. The van der Waals surface area contributed by atoms with Gasteiger partial charge in [-0.05, 0) is 24.6 Å². The zero-order valence-corrected chi connectivity index (χ0v) is 10.1. The van der Waals surface area contributed by atoms with Gasteiger partial charge in [-0.1, -0.05) is 23.7 Å². The molecule has 2 aromatic rings. The minimum Gasteiger partial charge on any atom is -0.362 e. The van der Waals surface area contributed by atoms with E-state index in [2.05, 4.69) is 17.3 Å². The van der Waals surface area contributed by atoms with Crippen LogP contribution in [0.4, 0.5) is 5.82 Å². The van der Waals surface area contributed by atoms with Crippen molar-refractivity contribution in [2.45, 2.75) is 13.0 Å². The Kier molecular flexibility index (Phi) is 3.15. The summed E-state index contributed by atoms with van der Waals surface area (Å²) in [6, 6.07) is 9.97. The molecule has 0 spiro atoms. The maximum Gasteiger partial charge on any atom is 0.148 e. The lowest BCUT2D eigenvalue weighted by Gasteiger charge is -2.13. The first-order chi connectivity index (χ1) is 7.65. The highest BCUT2D eigenvalue weighted by molar-refractivity contribution is 6.30. The second-order valence-corrected chi connectivity index (χ2v) is 4.23. The predicted molar refractivity (Wildman–Crippen MR) is 66.7 cm³/mol. The SMILES string of the molecule is CC(Nc1ccn(C)n1)c1cccc(Cl)c1. The molecule has 0 bridgehead atoms. The van der Waals surface area contributed by atoms with Crippen LogP contribution in [0.3, 0.4) is 0 Å². The third kappa shape index (κ3) is 2.55. The molecule has 2 rings (SSSR count). The van der Waals surface area contributed by atoms with Gasteiger partial charge < -0.3 is 5.32 Å². The Balaban J connectivity index is 2.11. The maximum absolute atomic E-state index is 5.95. The van der Waals surface area contributed by atoms with Crippen LogP contribution in [0.25, 0.3) is 0 Å². The molecule has 0 aliphatic carbocycles. The highest BCUT2D eigenvalue weighted by Gasteiger charge is 2.06. The van der Waals surface area contributed by atoms with Crippen molar-refractivity contribution in [3.63, 3.8) is 0 Å². The van der Waals surface area contributed by atoms with E-state index in [0.717, 1.165) is 16.4 Å². The number of anilines is 1. The maximum atomic E-state index is 5.95. The van der Waals surface area contributed by atoms with E-state index in [9.17, 15) is 0 Å². The van der Waals surface area contributed by atoms with Gasteiger partial charge in [0.2, 0.25) is 0 Å². The van der Waals surface area contributed by atoms with Crippen LogP contribution in [0.2, 0.25) is 5.02 Å². The van der Waals surface area contributed by atoms with Crippen LogP contribution in [0.1, 0.15) is 18.5 Å². The monoisotopic (exact) mass is 235 g/mol. The minimum atomic E-state index is 0.189. The van der Waals surface area contributed by atoms with Crippen molar-refractivity contribution in [2.75, 3.05) is 5.32 Å². The van der Waals surface area contributed by atoms with E-state index in [1.165, 1.54) is 0 Å². The molecule has 84 valence electrons. The van der Waals surface area contributed by atoms with Crippen molar-refractivity contribution in [3.8, 4) is 0 Å². The van der Waals surface area contributed by atoms with Gasteiger partial charge in [-0.2, -0.15) is 5.10 Å². The molecule has 1 atom stereocenters. The Morgan fingerprint density at radius 1 is 1.38 bits per heavy atom. The summed E-state index contributed by atoms with van der Waals surface area (Å²) < 4.78 is 1.77. The summed E-state index contributed by atoms with van der Waals surface area (Å²) in [6.45, 7) is 2.08. The lowest BCUT2D eigenvalue weighted by atomic mass is 10.1. The molecular weight excluding hydrogens is 222 g/mol. The fourth-order valence-electron chi connectivity index (χ4n) is 1.57. The van der Waals surface area contributed by atoms with Crippen molar-refractivity contribution in [1.82, 2.24) is 9.78 Å². The molecule has 1 unspecified atom stereocenters. The lowest BCUT2D eigenvalue weighted by molar-refractivity contribution is 0.760. The summed E-state index contributed by atoms with van der Waals surface area (Å²) in [7, 11) is 1.90. The number of benzene rings is 1. The molecule has 0 fully saturated rings. The summed E-state index contributed by atoms with van der Waals surface area (Å²) in [4.78, 5) is 0. The lowest BCUT2D eigenvalue weighted by Crippen LogP contribution is -2.07. The third-order valence-corrected chi connectivity index (χ3v) is 2.66. The summed E-state index contributed by atoms with van der Waals surface area (Å²) in [6.07, 6.45) is 1.91. The Bertz CT molecular complexity index is 479. The van der Waals surface area contributed by atoms with Crippen LogP contribution in [-0.4, -0.2) is 9.78 Å². The topological polar surface area (TPSA) is 29.9 Å². The van der Waals surface area contributed by atoms with Crippen molar-refractivity contribution in [2.24, 2.45) is 7.05 Å². The van der Waals surface area contributed by atoms with E-state index in [-0.39, 0.29) is 6.04 Å². The molecule has 0 saturated carbocycles. The standard InChI is InChI=1S/C12H14ClN3/c1-9(10-4-3-5-11(13)8-10)14-12-6-7-16(2)15-12/h3-9H,1-2H3,(H,14,15). The molecule has 4 heteroatoms. The first-order valence-corrected chi connectivity index (χ1v) is 5.54. The van der Waals surface area contributed by atoms with E-state index in [4.69, 9.17) is 11.6 Å². The number of aryl methyl sites for hydroxylation is 1. The Morgan fingerprint density at radius 2 is 2.19 bits per heavy atom. The molecular formula is C12H14ClN3. The molecule has 0 amide bonds. The van der Waals surface area contributed by atoms with Gasteiger partial charge in [-0.25, -0.2) is 0 Å². The molecule has 1 N–H and O–H groups in total. The van der Waals surface area contributed by atoms with Gasteiger partial charge in [0.05, 0.1) is 6.04 Å². The van der Waals surface area contributed by atoms with E-state index in [1.807, 2.05) is 43.6 Å². The first kappa shape index (κ1) is 11.0. The van der Waals surface area contributed by atoms with Crippen molar-refractivity contribution in [3.05, 3.63) is 47.1 Å². The highest BCUT2D eigenvalue weighted by atomic mass is 35.5. The summed E-state index contributed by atoms with van der Waals surface area (Å²) in [5.41, 5.74) is 1.15. The molecule has 1 aromatic carbocycles. The predicted octanol–water partition coefficient (Wildman–Crippen LogP) is 3.25. The van der Waals surface area contributed by atoms with Crippen LogP contribution in [0.15, 0.2) is 36.5 Å². The third-order valence-electron chi connectivity index (χ3n) is 2.43. The van der Waals surface area contributed by atoms with E-state index in [0.29, 0.717) is 0 Å². The van der Waals surface area contributed by atoms with Gasteiger partial charge in [0.15, 0.2) is 0 Å². The molecule has 0 radical (unpaired) electrons. The first-order valence-electron chi connectivity index (χ1n) is 5.17. The zero-order chi connectivity index (χ0) is 11.5. The smallest absolute Gasteiger partial charge is 0.148 e. The number of aromatic nitrogens is 2. The summed E-state index contributed by atoms with van der Waals surface area (Å²) in [5, 5.41) is 8.34. The van der Waals surface area contributed by atoms with Gasteiger partial charge in [-0.3, -0.25) is 4.68 Å². The van der Waals surface area contributed by atoms with Crippen LogP contribution in [0, 0.1) is 0 Å². The van der Waals surface area contributed by atoms with E-state index >= 15 is 0 Å². The van der Waals surface area contributed by atoms with Gasteiger partial charge in [0, 0.05) is 24.3 Å². The zero-order valence-electron chi connectivity index (χ0n) is 9.31. The van der Waals surface area contributed by atoms with Crippen molar-refractivity contribution >= 4 is 17.4 Å². The van der Waals surface area contributed by atoms with Gasteiger partial charge in [0.1, 0.15) is 5.82 Å². The second-order valence-electron chi connectivity index (χ2n) is 3.80. The molecule has 0 saturated heterocycles. The van der Waals surface area contributed by atoms with Crippen molar-refractivity contribution in [1.29, 1.82) is 0 Å². The summed E-state index contributed by atoms with van der Waals surface area (Å²) in [5.74, 6) is 0.870. The van der Waals surface area contributed by atoms with Crippen LogP contribution < -0.4 is 5.32 Å². The van der Waals surface area contributed by atoms with Crippen LogP contribution in [-0.2, 0) is 7.05 Å². The molecule has 0 aliphatic heterocycles. The molecule has 16 heavy (non-hydrogen) atoms. The average molecular weight is 236 g/mol. The van der Waals surface area contributed by atoms with E-state index in [1.54, 1.807) is 4.68 Å². The number of nitrogens with zero attached hydrogens (tertiary/aromatic N) is 2. The Morgan fingerprint density at radius 3 is 2.81 bits per heavy atom. The number of hydrogen-bond donors (Lipinski definition) is 1. The largest absolute Gasteiger partial charge is 0.362 e. The average Bonchev–Trinajstić information content (AvgIpc) is 2.64. The highest BCUT2D eigenvalue weighted by Crippen LogP contribution is 2.20. The van der Waals surface area contributed by atoms with Crippen molar-refractivity contribution < 1.29 is 0 Å². The number of halogens is 1. The number of hydrogen-bond acceptors (Lipinski definition) is 2. The molecule has 3 nitrogen and oxygen atoms in total. The minimum absolute atomic E-state index is 0.189. The second kappa shape index (κ2) is 4.58. The van der Waals surface area contributed by atoms with Gasteiger partial charge in [0.25, 0.3) is 0 Å². The quantitative estimate of drug-likeness (QED) is 0.885. The fourth-order valence-corrected chi connectivity index (χ4v) is 1.77. The van der Waals surface area contributed by atoms with Crippen LogP contribution in [0.5, 0.6) is 0 Å². The molecule has 1 heterocycles.